The highest BCUT2D eigenvalue weighted by Crippen LogP contribution is 2.40. The van der Waals surface area contributed by atoms with Crippen LogP contribution in [0.5, 0.6) is 0 Å². The number of amides is 2. The van der Waals surface area contributed by atoms with Crippen LogP contribution < -0.4 is 20.7 Å². The molecule has 40 heavy (non-hydrogen) atoms. The van der Waals surface area contributed by atoms with Gasteiger partial charge in [-0.1, -0.05) is 17.3 Å². The summed E-state index contributed by atoms with van der Waals surface area (Å²) in [4.78, 5) is 60.5. The lowest BCUT2D eigenvalue weighted by molar-refractivity contribution is -0.687. The Balaban J connectivity index is 1.32. The van der Waals surface area contributed by atoms with Gasteiger partial charge < -0.3 is 30.9 Å². The van der Waals surface area contributed by atoms with E-state index in [1.807, 2.05) is 35.2 Å². The first-order valence-corrected chi connectivity index (χ1v) is 14.1. The van der Waals surface area contributed by atoms with E-state index >= 15 is 0 Å². The molecule has 15 heteroatoms. The average Bonchev–Trinajstić information content (AvgIpc) is 3.34. The van der Waals surface area contributed by atoms with Gasteiger partial charge in [0.2, 0.25) is 5.60 Å². The van der Waals surface area contributed by atoms with Crippen molar-refractivity contribution in [3.63, 3.8) is 0 Å². The molecular weight excluding hydrogens is 560 g/mol. The number of hydrogen-bond donors (Lipinski definition) is 3. The number of aromatic nitrogens is 2. The summed E-state index contributed by atoms with van der Waals surface area (Å²) in [5.74, 6) is -3.89. The van der Waals surface area contributed by atoms with Gasteiger partial charge in [-0.3, -0.25) is 14.5 Å². The zero-order valence-electron chi connectivity index (χ0n) is 20.9. The van der Waals surface area contributed by atoms with Crippen molar-refractivity contribution < 1.29 is 38.8 Å². The minimum absolute atomic E-state index is 0.0545. The first kappa shape index (κ1) is 27.3. The Labute approximate surface area is 236 Å². The fourth-order valence-corrected chi connectivity index (χ4v) is 6.28. The Kier molecular flexibility index (Phi) is 7.58. The minimum Gasteiger partial charge on any atom is -0.543 e. The molecule has 2 fully saturated rings. The van der Waals surface area contributed by atoms with E-state index in [4.69, 9.17) is 10.6 Å². The number of carbonyl (C=O) groups is 4. The molecule has 4 heterocycles. The fraction of sp³-hybridized carbons (Fsp3) is 0.320. The van der Waals surface area contributed by atoms with Crippen molar-refractivity contribution >= 4 is 57.7 Å². The molecule has 0 aromatic carbocycles. The molecule has 4 N–H and O–H groups in total. The number of carboxylic acids is 2. The second-order valence-corrected chi connectivity index (χ2v) is 11.2. The number of oxime groups is 1. The third-order valence-corrected chi connectivity index (χ3v) is 8.71. The molecular formula is C25H24N6O7S2. The van der Waals surface area contributed by atoms with Gasteiger partial charge in [0.25, 0.3) is 11.8 Å². The van der Waals surface area contributed by atoms with Crippen LogP contribution in [0, 0.1) is 0 Å². The highest BCUT2D eigenvalue weighted by molar-refractivity contribution is 8.00. The predicted molar refractivity (Wildman–Crippen MR) is 141 cm³/mol. The molecule has 1 aliphatic carbocycles. The van der Waals surface area contributed by atoms with Crippen LogP contribution >= 0.6 is 23.1 Å². The van der Waals surface area contributed by atoms with E-state index in [0.717, 1.165) is 16.2 Å². The number of β-lactam (4-membered cyclic amide) rings is 1. The number of nitrogens with two attached hydrogens (primary N) is 1. The van der Waals surface area contributed by atoms with Crippen LogP contribution in [0.15, 0.2) is 64.6 Å². The van der Waals surface area contributed by atoms with Gasteiger partial charge in [0.1, 0.15) is 17.1 Å². The second kappa shape index (κ2) is 11.1. The van der Waals surface area contributed by atoms with Gasteiger partial charge in [0.15, 0.2) is 29.8 Å². The number of aliphatic carboxylic acids is 2. The Bertz CT molecular complexity index is 1450. The number of allylic oxidation sites excluding steroid dienone is 2. The second-order valence-electron chi connectivity index (χ2n) is 9.25. The SMILES string of the molecule is Nc1nc(/C(=N/OC2(C(=O)O)CCC2)C(=O)NC2C(=O)N3C(C(=O)[O-])=C(/C=C/C[n+]4ccccc4)CS[C@@H]23)cs1. The highest BCUT2D eigenvalue weighted by atomic mass is 32.2. The molecule has 1 unspecified atom stereocenters. The van der Waals surface area contributed by atoms with E-state index in [2.05, 4.69) is 15.5 Å². The number of nitrogens with one attached hydrogen (secondary N) is 1. The first-order chi connectivity index (χ1) is 19.2. The summed E-state index contributed by atoms with van der Waals surface area (Å²) in [6, 6.07) is 4.57. The molecule has 1 saturated heterocycles. The highest BCUT2D eigenvalue weighted by Gasteiger charge is 2.53. The summed E-state index contributed by atoms with van der Waals surface area (Å²) < 4.78 is 1.90. The maximum absolute atomic E-state index is 13.2. The summed E-state index contributed by atoms with van der Waals surface area (Å²) in [7, 11) is 0. The van der Waals surface area contributed by atoms with Crippen LogP contribution in [0.25, 0.3) is 0 Å². The number of carboxylic acid groups (broad SMARTS) is 2. The molecule has 3 aliphatic rings. The number of hydrogen-bond acceptors (Lipinski definition) is 11. The molecule has 0 bridgehead atoms. The van der Waals surface area contributed by atoms with Crippen molar-refractivity contribution in [2.45, 2.75) is 42.8 Å². The van der Waals surface area contributed by atoms with Gasteiger partial charge in [-0.05, 0) is 18.1 Å². The molecule has 2 amide bonds. The van der Waals surface area contributed by atoms with Gasteiger partial charge in [0, 0.05) is 36.1 Å². The number of fused-ring (bicyclic) bond motifs is 1. The lowest BCUT2D eigenvalue weighted by atomic mass is 9.80. The molecule has 2 aliphatic heterocycles. The summed E-state index contributed by atoms with van der Waals surface area (Å²) in [6.45, 7) is 0.500. The number of nitrogen functional groups attached to an aromatic ring is 1. The summed E-state index contributed by atoms with van der Waals surface area (Å²) >= 11 is 2.33. The number of thiazole rings is 1. The zero-order chi connectivity index (χ0) is 28.4. The monoisotopic (exact) mass is 584 g/mol. The van der Waals surface area contributed by atoms with Gasteiger partial charge >= 0.3 is 5.97 Å². The topological polar surface area (TPSA) is 191 Å². The largest absolute Gasteiger partial charge is 0.543 e. The standard InChI is InChI=1S/C25H24N6O7S2/c26-24-27-15(13-40-24)16(29-38-25(23(36)37)7-5-8-25)19(32)28-17-20(33)31-18(22(34)35)14(12-39-21(17)31)6-4-11-30-9-2-1-3-10-30/h1-4,6,9-10,13,17,21H,5,7-8,11-12H2,(H4-,26,27,28,32,34,35,36,37)/b6-4+,29-16-/t17?,21-/m0/s1. The normalized spacial score (nSPS) is 21.9. The molecule has 13 nitrogen and oxygen atoms in total. The summed E-state index contributed by atoms with van der Waals surface area (Å²) in [5.41, 5.74) is 4.06. The molecule has 2 aromatic heterocycles. The number of thioether (sulfide) groups is 1. The van der Waals surface area contributed by atoms with Gasteiger partial charge in [-0.2, -0.15) is 0 Å². The molecule has 2 aromatic rings. The fourth-order valence-electron chi connectivity index (χ4n) is 4.42. The lowest BCUT2D eigenvalue weighted by Crippen LogP contribution is -2.71. The van der Waals surface area contributed by atoms with E-state index in [9.17, 15) is 29.4 Å². The molecule has 0 spiro atoms. The lowest BCUT2D eigenvalue weighted by Gasteiger charge is -2.50. The summed E-state index contributed by atoms with van der Waals surface area (Å²) in [6.07, 6.45) is 8.27. The van der Waals surface area contributed by atoms with Crippen molar-refractivity contribution in [1.82, 2.24) is 15.2 Å². The van der Waals surface area contributed by atoms with Crippen LogP contribution in [0.2, 0.25) is 0 Å². The van der Waals surface area contributed by atoms with Crippen molar-refractivity contribution in [1.29, 1.82) is 0 Å². The van der Waals surface area contributed by atoms with Gasteiger partial charge in [0.05, 0.1) is 11.7 Å². The quantitative estimate of drug-likeness (QED) is 0.141. The zero-order valence-corrected chi connectivity index (χ0v) is 22.5. The number of pyridine rings is 1. The van der Waals surface area contributed by atoms with Crippen LogP contribution in [-0.4, -0.2) is 67.2 Å². The van der Waals surface area contributed by atoms with Gasteiger partial charge in [-0.25, -0.2) is 14.3 Å². The van der Waals surface area contributed by atoms with E-state index in [0.29, 0.717) is 18.5 Å². The number of anilines is 1. The van der Waals surface area contributed by atoms with Crippen LogP contribution in [0.1, 0.15) is 25.0 Å². The van der Waals surface area contributed by atoms with Crippen LogP contribution in [0.4, 0.5) is 5.13 Å². The number of carbonyl (C=O) groups excluding carboxylic acids is 3. The molecule has 208 valence electrons. The Hall–Kier alpha value is -4.24. The van der Waals surface area contributed by atoms with Crippen LogP contribution in [-0.2, 0) is 30.6 Å². The maximum Gasteiger partial charge on any atom is 0.350 e. The predicted octanol–water partition coefficient (Wildman–Crippen LogP) is -0.599. The smallest absolute Gasteiger partial charge is 0.350 e. The average molecular weight is 585 g/mol. The van der Waals surface area contributed by atoms with E-state index in [1.165, 1.54) is 17.1 Å². The third kappa shape index (κ3) is 5.16. The Morgan fingerprint density at radius 2 is 2.08 bits per heavy atom. The molecule has 2 atom stereocenters. The minimum atomic E-state index is -1.54. The molecule has 5 rings (SSSR count). The van der Waals surface area contributed by atoms with Crippen molar-refractivity contribution in [2.75, 3.05) is 11.5 Å². The van der Waals surface area contributed by atoms with E-state index in [1.54, 1.807) is 12.2 Å². The summed E-state index contributed by atoms with van der Waals surface area (Å²) in [5, 5.41) is 28.9. The number of rotatable bonds is 10. The van der Waals surface area contributed by atoms with Crippen LogP contribution in [0.3, 0.4) is 0 Å². The van der Waals surface area contributed by atoms with Crippen molar-refractivity contribution in [3.05, 3.63) is 65.1 Å². The molecule has 0 radical (unpaired) electrons. The van der Waals surface area contributed by atoms with Crippen molar-refractivity contribution in [3.8, 4) is 0 Å². The Morgan fingerprint density at radius 3 is 2.67 bits per heavy atom. The van der Waals surface area contributed by atoms with E-state index < -0.39 is 40.8 Å². The third-order valence-electron chi connectivity index (χ3n) is 6.73. The van der Waals surface area contributed by atoms with E-state index in [-0.39, 0.29) is 40.8 Å². The van der Waals surface area contributed by atoms with Crippen molar-refractivity contribution in [2.24, 2.45) is 5.16 Å². The maximum atomic E-state index is 13.2. The number of nitrogens with zero attached hydrogens (tertiary/aromatic N) is 4. The first-order valence-electron chi connectivity index (χ1n) is 12.2. The molecule has 1 saturated carbocycles. The van der Waals surface area contributed by atoms with Gasteiger partial charge in [-0.15, -0.1) is 23.1 Å². The Morgan fingerprint density at radius 1 is 1.32 bits per heavy atom.